The molecular weight excluding hydrogens is 232 g/mol. The number of rotatable bonds is 1. The first-order chi connectivity index (χ1) is 8.32. The molecule has 1 aromatic rings. The number of halogens is 1. The van der Waals surface area contributed by atoms with Crippen molar-refractivity contribution in [1.82, 2.24) is 5.32 Å². The van der Waals surface area contributed by atoms with Gasteiger partial charge in [0.05, 0.1) is 10.7 Å². The Morgan fingerprint density at radius 3 is 2.65 bits per heavy atom. The molecule has 0 bridgehead atoms. The molecule has 0 aromatic heterocycles. The van der Waals surface area contributed by atoms with Crippen LogP contribution in [0, 0.1) is 0 Å². The molecule has 1 spiro atoms. The molecule has 2 heterocycles. The number of para-hydroxylation sites is 1. The van der Waals surface area contributed by atoms with E-state index in [2.05, 4.69) is 22.3 Å². The second kappa shape index (κ2) is 4.51. The average molecular weight is 251 g/mol. The summed E-state index contributed by atoms with van der Waals surface area (Å²) in [4.78, 5) is 2.57. The lowest BCUT2D eigenvalue weighted by molar-refractivity contribution is 0.311. The van der Waals surface area contributed by atoms with Crippen molar-refractivity contribution in [1.29, 1.82) is 0 Å². The summed E-state index contributed by atoms with van der Waals surface area (Å²) < 4.78 is 0. The first-order valence-electron chi connectivity index (χ1n) is 6.55. The summed E-state index contributed by atoms with van der Waals surface area (Å²) in [7, 11) is 0. The van der Waals surface area contributed by atoms with Crippen LogP contribution in [0.2, 0.25) is 5.02 Å². The van der Waals surface area contributed by atoms with E-state index in [-0.39, 0.29) is 0 Å². The minimum atomic E-state index is 0.371. The molecule has 3 heteroatoms. The van der Waals surface area contributed by atoms with Crippen LogP contribution in [-0.2, 0) is 0 Å². The van der Waals surface area contributed by atoms with Crippen molar-refractivity contribution in [2.45, 2.75) is 31.2 Å². The third-order valence-corrected chi connectivity index (χ3v) is 4.59. The van der Waals surface area contributed by atoms with Crippen molar-refractivity contribution in [3.63, 3.8) is 0 Å². The number of hydrogen-bond acceptors (Lipinski definition) is 2. The lowest BCUT2D eigenvalue weighted by Gasteiger charge is -2.43. The van der Waals surface area contributed by atoms with Crippen LogP contribution in [0.3, 0.4) is 0 Å². The van der Waals surface area contributed by atoms with Crippen LogP contribution in [0.5, 0.6) is 0 Å². The van der Waals surface area contributed by atoms with Gasteiger partial charge in [-0.1, -0.05) is 23.7 Å². The molecule has 2 aliphatic rings. The van der Waals surface area contributed by atoms with Gasteiger partial charge < -0.3 is 10.2 Å². The van der Waals surface area contributed by atoms with Crippen LogP contribution in [-0.4, -0.2) is 25.2 Å². The summed E-state index contributed by atoms with van der Waals surface area (Å²) in [6, 6.07) is 8.27. The second-order valence-electron chi connectivity index (χ2n) is 5.18. The third-order valence-electron chi connectivity index (χ3n) is 4.27. The topological polar surface area (TPSA) is 15.3 Å². The number of nitrogens with zero attached hydrogens (tertiary/aromatic N) is 1. The molecule has 1 aromatic carbocycles. The molecule has 2 saturated heterocycles. The zero-order valence-electron chi connectivity index (χ0n) is 10.1. The molecule has 0 saturated carbocycles. The van der Waals surface area contributed by atoms with Crippen molar-refractivity contribution in [2.24, 2.45) is 0 Å². The monoisotopic (exact) mass is 250 g/mol. The second-order valence-corrected chi connectivity index (χ2v) is 5.59. The van der Waals surface area contributed by atoms with Crippen molar-refractivity contribution in [2.75, 3.05) is 24.5 Å². The Kier molecular flexibility index (Phi) is 3.01. The molecule has 1 N–H and O–H groups in total. The third kappa shape index (κ3) is 1.94. The van der Waals surface area contributed by atoms with Gasteiger partial charge in [-0.15, -0.1) is 0 Å². The van der Waals surface area contributed by atoms with Crippen molar-refractivity contribution in [3.8, 4) is 0 Å². The largest absolute Gasteiger partial charge is 0.365 e. The van der Waals surface area contributed by atoms with E-state index in [1.807, 2.05) is 12.1 Å². The number of anilines is 1. The molecule has 0 amide bonds. The smallest absolute Gasteiger partial charge is 0.0639 e. The van der Waals surface area contributed by atoms with Gasteiger partial charge in [0.25, 0.3) is 0 Å². The van der Waals surface area contributed by atoms with Gasteiger partial charge in [0.1, 0.15) is 0 Å². The summed E-state index contributed by atoms with van der Waals surface area (Å²) in [5.41, 5.74) is 1.60. The van der Waals surface area contributed by atoms with Gasteiger partial charge in [-0.25, -0.2) is 0 Å². The summed E-state index contributed by atoms with van der Waals surface area (Å²) in [5, 5.41) is 4.36. The molecule has 0 radical (unpaired) electrons. The van der Waals surface area contributed by atoms with Crippen LogP contribution < -0.4 is 10.2 Å². The summed E-state index contributed by atoms with van der Waals surface area (Å²) in [6.07, 6.45) is 5.11. The quantitative estimate of drug-likeness (QED) is 0.824. The fraction of sp³-hybridized carbons (Fsp3) is 0.571. The number of hydrogen-bond donors (Lipinski definition) is 1. The number of piperidine rings is 1. The molecule has 2 nitrogen and oxygen atoms in total. The standard InChI is InChI=1S/C14H19ClN2/c15-12-4-1-2-5-13(12)17-11-3-6-14(17)7-9-16-10-8-14/h1-2,4-5,16H,3,6-11H2. The minimum Gasteiger partial charge on any atom is -0.365 e. The van der Waals surface area contributed by atoms with Crippen LogP contribution in [0.15, 0.2) is 24.3 Å². The Hall–Kier alpha value is -0.730. The Labute approximate surface area is 108 Å². The minimum absolute atomic E-state index is 0.371. The van der Waals surface area contributed by atoms with E-state index in [4.69, 9.17) is 11.6 Å². The van der Waals surface area contributed by atoms with E-state index in [9.17, 15) is 0 Å². The van der Waals surface area contributed by atoms with E-state index in [0.29, 0.717) is 5.54 Å². The molecule has 92 valence electrons. The highest BCUT2D eigenvalue weighted by atomic mass is 35.5. The number of nitrogens with one attached hydrogen (secondary N) is 1. The summed E-state index contributed by atoms with van der Waals surface area (Å²) >= 11 is 6.35. The van der Waals surface area contributed by atoms with E-state index in [0.717, 1.165) is 24.7 Å². The highest BCUT2D eigenvalue weighted by molar-refractivity contribution is 6.33. The van der Waals surface area contributed by atoms with Gasteiger partial charge in [0, 0.05) is 12.1 Å². The lowest BCUT2D eigenvalue weighted by atomic mass is 9.85. The van der Waals surface area contributed by atoms with Gasteiger partial charge in [-0.2, -0.15) is 0 Å². The highest BCUT2D eigenvalue weighted by Gasteiger charge is 2.42. The van der Waals surface area contributed by atoms with Crippen LogP contribution >= 0.6 is 11.6 Å². The summed E-state index contributed by atoms with van der Waals surface area (Å²) in [6.45, 7) is 3.44. The van der Waals surface area contributed by atoms with Crippen LogP contribution in [0.4, 0.5) is 5.69 Å². The van der Waals surface area contributed by atoms with E-state index >= 15 is 0 Å². The molecule has 0 aliphatic carbocycles. The van der Waals surface area contributed by atoms with Crippen molar-refractivity contribution < 1.29 is 0 Å². The molecular formula is C14H19ClN2. The molecule has 2 aliphatic heterocycles. The molecule has 17 heavy (non-hydrogen) atoms. The SMILES string of the molecule is Clc1ccccc1N1CCCC12CCNCC2. The van der Waals surface area contributed by atoms with E-state index in [1.54, 1.807) is 0 Å². The fourth-order valence-corrected chi connectivity index (χ4v) is 3.63. The zero-order chi connectivity index (χ0) is 11.7. The Morgan fingerprint density at radius 2 is 1.88 bits per heavy atom. The van der Waals surface area contributed by atoms with E-state index in [1.165, 1.54) is 31.4 Å². The van der Waals surface area contributed by atoms with Crippen LogP contribution in [0.1, 0.15) is 25.7 Å². The van der Waals surface area contributed by atoms with E-state index < -0.39 is 0 Å². The Bertz CT molecular complexity index is 399. The Morgan fingerprint density at radius 1 is 1.12 bits per heavy atom. The molecule has 2 fully saturated rings. The van der Waals surface area contributed by atoms with Crippen molar-refractivity contribution >= 4 is 17.3 Å². The highest BCUT2D eigenvalue weighted by Crippen LogP contribution is 2.42. The van der Waals surface area contributed by atoms with Gasteiger partial charge in [-0.05, 0) is 50.9 Å². The average Bonchev–Trinajstić information content (AvgIpc) is 2.74. The zero-order valence-corrected chi connectivity index (χ0v) is 10.8. The molecule has 3 rings (SSSR count). The number of benzene rings is 1. The normalized spacial score (nSPS) is 23.2. The van der Waals surface area contributed by atoms with Crippen molar-refractivity contribution in [3.05, 3.63) is 29.3 Å². The predicted molar refractivity (Wildman–Crippen MR) is 72.9 cm³/mol. The molecule has 0 atom stereocenters. The van der Waals surface area contributed by atoms with Gasteiger partial charge in [0.2, 0.25) is 0 Å². The summed E-state index contributed by atoms with van der Waals surface area (Å²) in [5.74, 6) is 0. The lowest BCUT2D eigenvalue weighted by Crippen LogP contribution is -2.51. The first-order valence-corrected chi connectivity index (χ1v) is 6.93. The maximum atomic E-state index is 6.35. The van der Waals surface area contributed by atoms with Gasteiger partial charge in [-0.3, -0.25) is 0 Å². The maximum Gasteiger partial charge on any atom is 0.0639 e. The maximum absolute atomic E-state index is 6.35. The van der Waals surface area contributed by atoms with Crippen LogP contribution in [0.25, 0.3) is 0 Å². The molecule has 0 unspecified atom stereocenters. The fourth-order valence-electron chi connectivity index (χ4n) is 3.40. The predicted octanol–water partition coefficient (Wildman–Crippen LogP) is 3.06. The Balaban J connectivity index is 1.94. The van der Waals surface area contributed by atoms with Gasteiger partial charge >= 0.3 is 0 Å². The first kappa shape index (κ1) is 11.4. The van der Waals surface area contributed by atoms with Gasteiger partial charge in [0.15, 0.2) is 0 Å².